The SMILES string of the molecule is CN(c1ccc(C(=N)N)cc1)S(=O)(=O)CC1CC1. The number of nitrogens with zero attached hydrogens (tertiary/aromatic N) is 1. The first-order chi connectivity index (χ1) is 8.40. The molecular formula is C12H17N3O2S. The minimum Gasteiger partial charge on any atom is -0.384 e. The molecule has 18 heavy (non-hydrogen) atoms. The maximum Gasteiger partial charge on any atom is 0.235 e. The Balaban J connectivity index is 2.17. The average Bonchev–Trinajstić information content (AvgIpc) is 3.11. The minimum absolute atomic E-state index is 0.0231. The molecule has 0 radical (unpaired) electrons. The summed E-state index contributed by atoms with van der Waals surface area (Å²) in [5.74, 6) is 0.525. The fraction of sp³-hybridized carbons (Fsp3) is 0.417. The second-order valence-corrected chi connectivity index (χ2v) is 6.69. The molecule has 1 aromatic carbocycles. The lowest BCUT2D eigenvalue weighted by Crippen LogP contribution is -2.29. The summed E-state index contributed by atoms with van der Waals surface area (Å²) in [7, 11) is -1.68. The molecule has 0 amide bonds. The van der Waals surface area contributed by atoms with Crippen molar-refractivity contribution in [1.82, 2.24) is 0 Å². The Hall–Kier alpha value is -1.56. The smallest absolute Gasteiger partial charge is 0.235 e. The number of hydrogen-bond donors (Lipinski definition) is 2. The van der Waals surface area contributed by atoms with Crippen molar-refractivity contribution in [3.63, 3.8) is 0 Å². The van der Waals surface area contributed by atoms with E-state index >= 15 is 0 Å². The van der Waals surface area contributed by atoms with Crippen LogP contribution < -0.4 is 10.0 Å². The van der Waals surface area contributed by atoms with E-state index < -0.39 is 10.0 Å². The highest BCUT2D eigenvalue weighted by Gasteiger charge is 2.30. The third-order valence-electron chi connectivity index (χ3n) is 3.10. The Morgan fingerprint density at radius 3 is 2.39 bits per heavy atom. The van der Waals surface area contributed by atoms with Gasteiger partial charge in [0.05, 0.1) is 11.4 Å². The molecule has 98 valence electrons. The summed E-state index contributed by atoms with van der Waals surface area (Å²) < 4.78 is 25.4. The molecule has 5 nitrogen and oxygen atoms in total. The molecule has 1 saturated carbocycles. The lowest BCUT2D eigenvalue weighted by molar-refractivity contribution is 0.590. The number of nitrogen functional groups attached to an aromatic ring is 1. The predicted octanol–water partition coefficient (Wildman–Crippen LogP) is 1.15. The van der Waals surface area contributed by atoms with Gasteiger partial charge >= 0.3 is 0 Å². The summed E-state index contributed by atoms with van der Waals surface area (Å²) in [5, 5.41) is 7.28. The van der Waals surface area contributed by atoms with E-state index in [1.807, 2.05) is 0 Å². The lowest BCUT2D eigenvalue weighted by Gasteiger charge is -2.19. The second-order valence-electron chi connectivity index (χ2n) is 4.65. The van der Waals surface area contributed by atoms with Crippen LogP contribution in [0.3, 0.4) is 0 Å². The molecule has 2 rings (SSSR count). The Labute approximate surface area is 107 Å². The van der Waals surface area contributed by atoms with Crippen LogP contribution in [0.15, 0.2) is 24.3 Å². The van der Waals surface area contributed by atoms with E-state index in [1.165, 1.54) is 4.31 Å². The standard InChI is InChI=1S/C12H17N3O2S/c1-15(18(16,17)8-9-2-3-9)11-6-4-10(5-7-11)12(13)14/h4-7,9H,2-3,8H2,1H3,(H3,13,14). The average molecular weight is 267 g/mol. The van der Waals surface area contributed by atoms with E-state index in [-0.39, 0.29) is 11.6 Å². The van der Waals surface area contributed by atoms with Crippen molar-refractivity contribution in [3.8, 4) is 0 Å². The molecule has 1 aliphatic carbocycles. The fourth-order valence-electron chi connectivity index (χ4n) is 1.71. The van der Waals surface area contributed by atoms with Crippen LogP contribution in [0.2, 0.25) is 0 Å². The van der Waals surface area contributed by atoms with E-state index in [4.69, 9.17) is 11.1 Å². The number of hydrogen-bond acceptors (Lipinski definition) is 3. The first-order valence-electron chi connectivity index (χ1n) is 5.81. The van der Waals surface area contributed by atoms with Crippen LogP contribution in [-0.4, -0.2) is 27.1 Å². The second kappa shape index (κ2) is 4.61. The van der Waals surface area contributed by atoms with Crippen molar-refractivity contribution in [2.75, 3.05) is 17.1 Å². The number of amidine groups is 1. The van der Waals surface area contributed by atoms with Crippen molar-refractivity contribution in [2.45, 2.75) is 12.8 Å². The summed E-state index contributed by atoms with van der Waals surface area (Å²) in [5.41, 5.74) is 6.54. The zero-order valence-corrected chi connectivity index (χ0v) is 11.1. The van der Waals surface area contributed by atoms with Gasteiger partial charge in [0.1, 0.15) is 5.84 Å². The van der Waals surface area contributed by atoms with Gasteiger partial charge < -0.3 is 5.73 Å². The molecule has 0 unspecified atom stereocenters. The monoisotopic (exact) mass is 267 g/mol. The van der Waals surface area contributed by atoms with Gasteiger partial charge in [0.25, 0.3) is 0 Å². The fourth-order valence-corrected chi connectivity index (χ4v) is 3.30. The van der Waals surface area contributed by atoms with Gasteiger partial charge in [-0.15, -0.1) is 0 Å². The largest absolute Gasteiger partial charge is 0.384 e. The molecule has 0 aromatic heterocycles. The van der Waals surface area contributed by atoms with Crippen LogP contribution in [0, 0.1) is 11.3 Å². The zero-order valence-electron chi connectivity index (χ0n) is 10.3. The first kappa shape index (κ1) is 12.9. The molecule has 1 aromatic rings. The zero-order chi connectivity index (χ0) is 13.3. The topological polar surface area (TPSA) is 87.2 Å². The number of nitrogens with one attached hydrogen (secondary N) is 1. The van der Waals surface area contributed by atoms with Crippen molar-refractivity contribution >= 4 is 21.5 Å². The van der Waals surface area contributed by atoms with Gasteiger partial charge in [-0.3, -0.25) is 9.71 Å². The third-order valence-corrected chi connectivity index (χ3v) is 5.04. The van der Waals surface area contributed by atoms with Crippen LogP contribution in [0.4, 0.5) is 5.69 Å². The Morgan fingerprint density at radius 2 is 1.94 bits per heavy atom. The predicted molar refractivity (Wildman–Crippen MR) is 72.4 cm³/mol. The molecule has 0 atom stereocenters. The van der Waals surface area contributed by atoms with Gasteiger partial charge in [-0.1, -0.05) is 0 Å². The van der Waals surface area contributed by atoms with E-state index in [1.54, 1.807) is 31.3 Å². The van der Waals surface area contributed by atoms with Crippen molar-refractivity contribution in [3.05, 3.63) is 29.8 Å². The maximum atomic E-state index is 12.1. The highest BCUT2D eigenvalue weighted by Crippen LogP contribution is 2.31. The molecule has 0 saturated heterocycles. The number of nitrogens with two attached hydrogens (primary N) is 1. The number of anilines is 1. The van der Waals surface area contributed by atoms with Gasteiger partial charge in [0.2, 0.25) is 10.0 Å². The Bertz CT molecular complexity index is 547. The van der Waals surface area contributed by atoms with Crippen LogP contribution in [0.5, 0.6) is 0 Å². The van der Waals surface area contributed by atoms with Crippen molar-refractivity contribution in [1.29, 1.82) is 5.41 Å². The molecular weight excluding hydrogens is 250 g/mol. The van der Waals surface area contributed by atoms with Crippen LogP contribution in [0.1, 0.15) is 18.4 Å². The normalized spacial score (nSPS) is 15.4. The highest BCUT2D eigenvalue weighted by atomic mass is 32.2. The van der Waals surface area contributed by atoms with Crippen molar-refractivity contribution in [2.24, 2.45) is 11.7 Å². The summed E-state index contributed by atoms with van der Waals surface area (Å²) >= 11 is 0. The van der Waals surface area contributed by atoms with E-state index in [0.717, 1.165) is 12.8 Å². The number of sulfonamides is 1. The number of benzene rings is 1. The van der Waals surface area contributed by atoms with E-state index in [0.29, 0.717) is 17.2 Å². The van der Waals surface area contributed by atoms with Gasteiger partial charge in [-0.25, -0.2) is 8.42 Å². The molecule has 6 heteroatoms. The molecule has 0 spiro atoms. The molecule has 3 N–H and O–H groups in total. The first-order valence-corrected chi connectivity index (χ1v) is 7.42. The van der Waals surface area contributed by atoms with Gasteiger partial charge in [0.15, 0.2) is 0 Å². The van der Waals surface area contributed by atoms with Crippen LogP contribution in [0.25, 0.3) is 0 Å². The van der Waals surface area contributed by atoms with Crippen LogP contribution in [-0.2, 0) is 10.0 Å². The summed E-state index contributed by atoms with van der Waals surface area (Å²) in [4.78, 5) is 0. The Morgan fingerprint density at radius 1 is 1.39 bits per heavy atom. The van der Waals surface area contributed by atoms with Gasteiger partial charge in [-0.2, -0.15) is 0 Å². The lowest BCUT2D eigenvalue weighted by atomic mass is 10.2. The number of rotatable bonds is 5. The highest BCUT2D eigenvalue weighted by molar-refractivity contribution is 7.92. The van der Waals surface area contributed by atoms with Crippen LogP contribution >= 0.6 is 0 Å². The van der Waals surface area contributed by atoms with Crippen molar-refractivity contribution < 1.29 is 8.42 Å². The maximum absolute atomic E-state index is 12.1. The van der Waals surface area contributed by atoms with E-state index in [9.17, 15) is 8.42 Å². The van der Waals surface area contributed by atoms with E-state index in [2.05, 4.69) is 0 Å². The van der Waals surface area contributed by atoms with Gasteiger partial charge in [-0.05, 0) is 43.0 Å². The molecule has 0 heterocycles. The quantitative estimate of drug-likeness (QED) is 0.619. The summed E-state index contributed by atoms with van der Waals surface area (Å²) in [6, 6.07) is 6.64. The summed E-state index contributed by atoms with van der Waals surface area (Å²) in [6.45, 7) is 0. The molecule has 0 bridgehead atoms. The third kappa shape index (κ3) is 2.81. The Kier molecular flexibility index (Phi) is 3.30. The summed E-state index contributed by atoms with van der Waals surface area (Å²) in [6.07, 6.45) is 2.02. The molecule has 1 fully saturated rings. The van der Waals surface area contributed by atoms with Gasteiger partial charge in [0, 0.05) is 12.6 Å². The molecule has 1 aliphatic rings. The molecule has 0 aliphatic heterocycles. The minimum atomic E-state index is -3.23.